The topological polar surface area (TPSA) is 118 Å². The van der Waals surface area contributed by atoms with Crippen molar-refractivity contribution in [3.63, 3.8) is 0 Å². The van der Waals surface area contributed by atoms with Gasteiger partial charge in [0.25, 0.3) is 5.91 Å². The quantitative estimate of drug-likeness (QED) is 0.637. The number of hydrogen-bond acceptors (Lipinski definition) is 4. The highest BCUT2D eigenvalue weighted by atomic mass is 16.3. The van der Waals surface area contributed by atoms with E-state index in [0.717, 1.165) is 43.0 Å². The number of hydrogen-bond donors (Lipinski definition) is 4. The summed E-state index contributed by atoms with van der Waals surface area (Å²) in [7, 11) is 0. The second kappa shape index (κ2) is 7.55. The lowest BCUT2D eigenvalue weighted by atomic mass is 9.83. The van der Waals surface area contributed by atoms with Crippen molar-refractivity contribution in [2.24, 2.45) is 11.8 Å². The fourth-order valence-electron chi connectivity index (χ4n) is 4.05. The molecule has 0 aliphatic heterocycles. The fraction of sp³-hybridized carbons (Fsp3) is 0.476. The van der Waals surface area contributed by atoms with Gasteiger partial charge in [-0.3, -0.25) is 9.59 Å². The van der Waals surface area contributed by atoms with E-state index in [2.05, 4.69) is 21.7 Å². The van der Waals surface area contributed by atoms with E-state index in [9.17, 15) is 20.0 Å². The molecular formula is C21H24N4O3. The molecule has 2 aliphatic rings. The van der Waals surface area contributed by atoms with Crippen LogP contribution in [0, 0.1) is 23.2 Å². The smallest absolute Gasteiger partial charge is 0.267 e. The van der Waals surface area contributed by atoms with E-state index < -0.39 is 6.04 Å². The minimum atomic E-state index is -0.424. The van der Waals surface area contributed by atoms with Gasteiger partial charge >= 0.3 is 0 Å². The molecule has 0 radical (unpaired) electrons. The van der Waals surface area contributed by atoms with Crippen LogP contribution in [0.5, 0.6) is 5.75 Å². The molecule has 1 heterocycles. The average molecular weight is 380 g/mol. The van der Waals surface area contributed by atoms with E-state index in [1.807, 2.05) is 0 Å². The monoisotopic (exact) mass is 380 g/mol. The van der Waals surface area contributed by atoms with Gasteiger partial charge in [0.1, 0.15) is 17.5 Å². The number of carbonyl (C=O) groups excluding carboxylic acids is 2. The largest absolute Gasteiger partial charge is 0.508 e. The number of nitrogens with zero attached hydrogens (tertiary/aromatic N) is 1. The highest BCUT2D eigenvalue weighted by Gasteiger charge is 2.37. The van der Waals surface area contributed by atoms with Crippen LogP contribution in [0.3, 0.4) is 0 Å². The molecule has 2 fully saturated rings. The molecule has 2 amide bonds. The predicted molar refractivity (Wildman–Crippen MR) is 103 cm³/mol. The summed E-state index contributed by atoms with van der Waals surface area (Å²) < 4.78 is 0. The number of rotatable bonds is 5. The summed E-state index contributed by atoms with van der Waals surface area (Å²) in [5.41, 5.74) is 1.17. The number of H-pyrrole nitrogens is 1. The summed E-state index contributed by atoms with van der Waals surface area (Å²) in [6, 6.07) is 8.09. The van der Waals surface area contributed by atoms with Gasteiger partial charge in [0.2, 0.25) is 5.91 Å². The minimum Gasteiger partial charge on any atom is -0.508 e. The van der Waals surface area contributed by atoms with Crippen LogP contribution >= 0.6 is 0 Å². The summed E-state index contributed by atoms with van der Waals surface area (Å²) in [5.74, 6) is -0.302. The van der Waals surface area contributed by atoms with Crippen LogP contribution in [-0.4, -0.2) is 34.0 Å². The predicted octanol–water partition coefficient (Wildman–Crippen LogP) is 2.58. The van der Waals surface area contributed by atoms with Gasteiger partial charge in [0.05, 0.1) is 12.0 Å². The molecular weight excluding hydrogens is 356 g/mol. The number of phenolic OH excluding ortho intramolecular Hbond substituents is 1. The first-order valence-corrected chi connectivity index (χ1v) is 9.88. The summed E-state index contributed by atoms with van der Waals surface area (Å²) in [5, 5.41) is 25.5. The first kappa shape index (κ1) is 18.4. The Balaban J connectivity index is 1.45. The normalized spacial score (nSPS) is 23.0. The van der Waals surface area contributed by atoms with Crippen LogP contribution in [0.1, 0.15) is 49.0 Å². The number of nitrogens with one attached hydrogen (secondary N) is 3. The Morgan fingerprint density at radius 1 is 1.18 bits per heavy atom. The Kier molecular flexibility index (Phi) is 4.95. The van der Waals surface area contributed by atoms with E-state index >= 15 is 0 Å². The third kappa shape index (κ3) is 3.81. The molecule has 4 rings (SSSR count). The third-order valence-corrected chi connectivity index (χ3v) is 5.80. The lowest BCUT2D eigenvalue weighted by Crippen LogP contribution is -2.50. The standard InChI is InChI=1S/C21H24N4O3/c22-11-19(12-5-6-12)25-20(27)15-3-1-2-4-17(15)24-21(28)18-10-13-9-14(26)7-8-16(13)23-18/h7-10,12,15,17,19,23,26H,1-6H2,(H,24,28)(H,25,27)/t15-,17+,19?/m1/s1. The van der Waals surface area contributed by atoms with Crippen LogP contribution in [0.2, 0.25) is 0 Å². The van der Waals surface area contributed by atoms with Gasteiger partial charge < -0.3 is 20.7 Å². The third-order valence-electron chi connectivity index (χ3n) is 5.80. The van der Waals surface area contributed by atoms with E-state index in [4.69, 9.17) is 0 Å². The summed E-state index contributed by atoms with van der Waals surface area (Å²) in [6.07, 6.45) is 5.32. The van der Waals surface area contributed by atoms with Crippen molar-refractivity contribution in [3.05, 3.63) is 30.0 Å². The molecule has 2 aromatic rings. The van der Waals surface area contributed by atoms with Crippen molar-refractivity contribution in [2.45, 2.75) is 50.6 Å². The van der Waals surface area contributed by atoms with E-state index in [1.54, 1.807) is 24.3 Å². The zero-order valence-electron chi connectivity index (χ0n) is 15.6. The number of fused-ring (bicyclic) bond motifs is 1. The number of aromatic amines is 1. The molecule has 3 atom stereocenters. The SMILES string of the molecule is N#CC(NC(=O)[C@@H]1CCCC[C@@H]1NC(=O)c1cc2cc(O)ccc2[nH]1)C1CC1. The summed E-state index contributed by atoms with van der Waals surface area (Å²) in [6.45, 7) is 0. The zero-order chi connectivity index (χ0) is 19.7. The summed E-state index contributed by atoms with van der Waals surface area (Å²) >= 11 is 0. The number of benzene rings is 1. The van der Waals surface area contributed by atoms with Gasteiger partial charge in [-0.2, -0.15) is 5.26 Å². The minimum absolute atomic E-state index is 0.134. The van der Waals surface area contributed by atoms with Gasteiger partial charge in [-0.25, -0.2) is 0 Å². The molecule has 4 N–H and O–H groups in total. The Labute approximate surface area is 163 Å². The molecule has 2 aliphatic carbocycles. The van der Waals surface area contributed by atoms with Crippen molar-refractivity contribution in [1.29, 1.82) is 5.26 Å². The van der Waals surface area contributed by atoms with E-state index in [-0.39, 0.29) is 35.4 Å². The molecule has 28 heavy (non-hydrogen) atoms. The number of nitriles is 1. The van der Waals surface area contributed by atoms with Crippen LogP contribution in [0.15, 0.2) is 24.3 Å². The number of amides is 2. The lowest BCUT2D eigenvalue weighted by Gasteiger charge is -2.31. The second-order valence-corrected chi connectivity index (χ2v) is 7.88. The van der Waals surface area contributed by atoms with Gasteiger partial charge in [0, 0.05) is 16.9 Å². The van der Waals surface area contributed by atoms with Gasteiger partial charge in [-0.15, -0.1) is 0 Å². The van der Waals surface area contributed by atoms with Crippen LogP contribution in [0.4, 0.5) is 0 Å². The maximum atomic E-state index is 12.8. The second-order valence-electron chi connectivity index (χ2n) is 7.88. The highest BCUT2D eigenvalue weighted by molar-refractivity contribution is 5.98. The number of phenols is 1. The lowest BCUT2D eigenvalue weighted by molar-refractivity contribution is -0.127. The van der Waals surface area contributed by atoms with E-state index in [0.29, 0.717) is 12.1 Å². The summed E-state index contributed by atoms with van der Waals surface area (Å²) in [4.78, 5) is 28.6. The molecule has 146 valence electrons. The molecule has 1 aromatic carbocycles. The van der Waals surface area contributed by atoms with Gasteiger partial charge in [-0.1, -0.05) is 12.8 Å². The van der Waals surface area contributed by atoms with Crippen molar-refractivity contribution in [2.75, 3.05) is 0 Å². The zero-order valence-corrected chi connectivity index (χ0v) is 15.6. The molecule has 7 heteroatoms. The average Bonchev–Trinajstić information content (AvgIpc) is 3.45. The van der Waals surface area contributed by atoms with Crippen molar-refractivity contribution in [1.82, 2.24) is 15.6 Å². The van der Waals surface area contributed by atoms with Gasteiger partial charge in [0.15, 0.2) is 0 Å². The molecule has 2 saturated carbocycles. The highest BCUT2D eigenvalue weighted by Crippen LogP contribution is 2.33. The Morgan fingerprint density at radius 3 is 2.71 bits per heavy atom. The van der Waals surface area contributed by atoms with Crippen LogP contribution in [0.25, 0.3) is 10.9 Å². The number of aromatic nitrogens is 1. The first-order chi connectivity index (χ1) is 13.5. The Bertz CT molecular complexity index is 941. The molecule has 1 aromatic heterocycles. The van der Waals surface area contributed by atoms with Crippen LogP contribution < -0.4 is 10.6 Å². The molecule has 1 unspecified atom stereocenters. The molecule has 0 saturated heterocycles. The fourth-order valence-corrected chi connectivity index (χ4v) is 4.05. The molecule has 0 spiro atoms. The van der Waals surface area contributed by atoms with Crippen molar-refractivity contribution < 1.29 is 14.7 Å². The number of aromatic hydroxyl groups is 1. The molecule has 7 nitrogen and oxygen atoms in total. The first-order valence-electron chi connectivity index (χ1n) is 9.88. The maximum absolute atomic E-state index is 12.8. The Morgan fingerprint density at radius 2 is 1.96 bits per heavy atom. The van der Waals surface area contributed by atoms with Gasteiger partial charge in [-0.05, 0) is 55.9 Å². The van der Waals surface area contributed by atoms with Crippen LogP contribution in [-0.2, 0) is 4.79 Å². The maximum Gasteiger partial charge on any atom is 0.267 e. The van der Waals surface area contributed by atoms with Crippen molar-refractivity contribution >= 4 is 22.7 Å². The van der Waals surface area contributed by atoms with Crippen molar-refractivity contribution in [3.8, 4) is 11.8 Å². The molecule has 0 bridgehead atoms. The van der Waals surface area contributed by atoms with E-state index in [1.165, 1.54) is 0 Å². The number of carbonyl (C=O) groups is 2. The Hall–Kier alpha value is -3.01.